The first-order valence-corrected chi connectivity index (χ1v) is 7.32. The van der Waals surface area contributed by atoms with Crippen LogP contribution in [0.5, 0.6) is 5.75 Å². The second-order valence-corrected chi connectivity index (χ2v) is 5.15. The van der Waals surface area contributed by atoms with E-state index in [9.17, 15) is 13.2 Å². The van der Waals surface area contributed by atoms with Gasteiger partial charge < -0.3 is 15.8 Å². The Labute approximate surface area is 137 Å². The highest BCUT2D eigenvalue weighted by Gasteiger charge is 2.30. The molecule has 9 heteroatoms. The van der Waals surface area contributed by atoms with E-state index in [0.29, 0.717) is 23.9 Å². The van der Waals surface area contributed by atoms with Gasteiger partial charge in [-0.15, -0.1) is 0 Å². The summed E-state index contributed by atoms with van der Waals surface area (Å²) < 4.78 is 43.1. The fourth-order valence-corrected chi connectivity index (χ4v) is 1.95. The van der Waals surface area contributed by atoms with Gasteiger partial charge in [0, 0.05) is 0 Å². The molecule has 2 aromatic rings. The maximum atomic E-state index is 12.5. The summed E-state index contributed by atoms with van der Waals surface area (Å²) in [6.45, 7) is 3.88. The largest absolute Gasteiger partial charge is 0.491 e. The molecule has 0 saturated heterocycles. The van der Waals surface area contributed by atoms with Gasteiger partial charge in [0.1, 0.15) is 18.2 Å². The lowest BCUT2D eigenvalue weighted by atomic mass is 10.2. The maximum absolute atomic E-state index is 12.5. The summed E-state index contributed by atoms with van der Waals surface area (Å²) in [5.74, 6) is 1.30. The molecule has 0 aliphatic rings. The highest BCUT2D eigenvalue weighted by Crippen LogP contribution is 2.30. The molecule has 0 bridgehead atoms. The zero-order valence-corrected chi connectivity index (χ0v) is 13.3. The van der Waals surface area contributed by atoms with Crippen LogP contribution in [0.15, 0.2) is 24.3 Å². The van der Waals surface area contributed by atoms with Crippen LogP contribution >= 0.6 is 0 Å². The molecule has 24 heavy (non-hydrogen) atoms. The van der Waals surface area contributed by atoms with Crippen molar-refractivity contribution in [2.75, 3.05) is 17.7 Å². The average Bonchev–Trinajstić information content (AvgIpc) is 2.50. The maximum Gasteiger partial charge on any atom is 0.416 e. The summed E-state index contributed by atoms with van der Waals surface area (Å²) in [7, 11) is 0. The van der Waals surface area contributed by atoms with Crippen LogP contribution in [-0.4, -0.2) is 27.6 Å². The minimum Gasteiger partial charge on any atom is -0.491 e. The number of rotatable bonds is 6. The summed E-state index contributed by atoms with van der Waals surface area (Å²) >= 11 is 0. The third-order valence-corrected chi connectivity index (χ3v) is 3.22. The number of hydrogen-bond acceptors (Lipinski definition) is 6. The first-order chi connectivity index (χ1) is 11.3. The molecule has 1 aromatic carbocycles. The number of halogens is 3. The first kappa shape index (κ1) is 17.8. The Balaban J connectivity index is 1.96. The van der Waals surface area contributed by atoms with Crippen LogP contribution in [0.1, 0.15) is 24.7 Å². The van der Waals surface area contributed by atoms with Crippen molar-refractivity contribution in [1.82, 2.24) is 15.0 Å². The van der Waals surface area contributed by atoms with Gasteiger partial charge in [0.15, 0.2) is 0 Å². The van der Waals surface area contributed by atoms with Gasteiger partial charge in [0.25, 0.3) is 0 Å². The number of benzene rings is 1. The second kappa shape index (κ2) is 7.33. The Morgan fingerprint density at radius 1 is 1.17 bits per heavy atom. The SMILES string of the molecule is CCC(COc1ccc(C(F)(F)F)cc1)Nc1nc(C)nc(N)n1. The average molecular weight is 341 g/mol. The lowest BCUT2D eigenvalue weighted by Crippen LogP contribution is -2.27. The second-order valence-electron chi connectivity index (χ2n) is 5.15. The molecule has 0 spiro atoms. The fraction of sp³-hybridized carbons (Fsp3) is 0.400. The number of alkyl halides is 3. The minimum absolute atomic E-state index is 0.114. The van der Waals surface area contributed by atoms with E-state index in [2.05, 4.69) is 20.3 Å². The topological polar surface area (TPSA) is 86.0 Å². The molecule has 0 amide bonds. The van der Waals surface area contributed by atoms with Gasteiger partial charge in [0.05, 0.1) is 11.6 Å². The molecule has 0 aliphatic heterocycles. The molecule has 0 fully saturated rings. The van der Waals surface area contributed by atoms with Gasteiger partial charge in [-0.25, -0.2) is 0 Å². The van der Waals surface area contributed by atoms with Crippen LogP contribution in [0, 0.1) is 6.92 Å². The van der Waals surface area contributed by atoms with E-state index >= 15 is 0 Å². The summed E-state index contributed by atoms with van der Waals surface area (Å²) in [5, 5.41) is 3.07. The van der Waals surface area contributed by atoms with Gasteiger partial charge in [-0.05, 0) is 37.6 Å². The Hall–Kier alpha value is -2.58. The lowest BCUT2D eigenvalue weighted by molar-refractivity contribution is -0.137. The molecule has 1 heterocycles. The summed E-state index contributed by atoms with van der Waals surface area (Å²) in [6, 6.07) is 4.43. The molecule has 3 N–H and O–H groups in total. The van der Waals surface area contributed by atoms with Crippen LogP contribution < -0.4 is 15.8 Å². The standard InChI is InChI=1S/C15H18F3N5O/c1-3-11(22-14-21-9(2)20-13(19)23-14)8-24-12-6-4-10(5-7-12)15(16,17)18/h4-7,11H,3,8H2,1-2H3,(H3,19,20,21,22,23). The van der Waals surface area contributed by atoms with Crippen molar-refractivity contribution < 1.29 is 17.9 Å². The third kappa shape index (κ3) is 4.97. The zero-order valence-electron chi connectivity index (χ0n) is 13.3. The van der Waals surface area contributed by atoms with Crippen molar-refractivity contribution in [3.63, 3.8) is 0 Å². The minimum atomic E-state index is -4.36. The summed E-state index contributed by atoms with van der Waals surface area (Å²) in [4.78, 5) is 12.0. The van der Waals surface area contributed by atoms with E-state index in [1.807, 2.05) is 6.92 Å². The Morgan fingerprint density at radius 2 is 1.83 bits per heavy atom. The molecule has 6 nitrogen and oxygen atoms in total. The fourth-order valence-electron chi connectivity index (χ4n) is 1.95. The molecular weight excluding hydrogens is 323 g/mol. The van der Waals surface area contributed by atoms with Crippen LogP contribution in [0.4, 0.5) is 25.1 Å². The van der Waals surface area contributed by atoms with E-state index in [1.54, 1.807) is 6.92 Å². The number of anilines is 2. The smallest absolute Gasteiger partial charge is 0.416 e. The van der Waals surface area contributed by atoms with E-state index in [4.69, 9.17) is 10.5 Å². The van der Waals surface area contributed by atoms with Gasteiger partial charge in [-0.2, -0.15) is 28.1 Å². The Kier molecular flexibility index (Phi) is 5.42. The first-order valence-electron chi connectivity index (χ1n) is 7.32. The monoisotopic (exact) mass is 341 g/mol. The molecule has 1 aromatic heterocycles. The van der Waals surface area contributed by atoms with Crippen molar-refractivity contribution >= 4 is 11.9 Å². The number of nitrogens with one attached hydrogen (secondary N) is 1. The number of nitrogens with two attached hydrogens (primary N) is 1. The highest BCUT2D eigenvalue weighted by molar-refractivity contribution is 5.32. The summed E-state index contributed by atoms with van der Waals surface area (Å²) in [6.07, 6.45) is -3.66. The predicted molar refractivity (Wildman–Crippen MR) is 83.6 cm³/mol. The van der Waals surface area contributed by atoms with Crippen LogP contribution in [0.2, 0.25) is 0 Å². The van der Waals surface area contributed by atoms with E-state index in [1.165, 1.54) is 12.1 Å². The van der Waals surface area contributed by atoms with Gasteiger partial charge in [0.2, 0.25) is 11.9 Å². The van der Waals surface area contributed by atoms with Crippen molar-refractivity contribution in [2.45, 2.75) is 32.5 Å². The zero-order chi connectivity index (χ0) is 17.7. The van der Waals surface area contributed by atoms with Crippen LogP contribution in [0.3, 0.4) is 0 Å². The normalized spacial score (nSPS) is 12.7. The Bertz CT molecular complexity index is 656. The van der Waals surface area contributed by atoms with Crippen molar-refractivity contribution in [2.24, 2.45) is 0 Å². The van der Waals surface area contributed by atoms with E-state index in [-0.39, 0.29) is 18.6 Å². The van der Waals surface area contributed by atoms with E-state index in [0.717, 1.165) is 12.1 Å². The predicted octanol–water partition coefficient (Wildman–Crippen LogP) is 3.05. The number of nitrogens with zero attached hydrogens (tertiary/aromatic N) is 3. The van der Waals surface area contributed by atoms with Gasteiger partial charge in [-0.1, -0.05) is 6.92 Å². The molecule has 1 unspecified atom stereocenters. The van der Waals surface area contributed by atoms with Crippen LogP contribution in [-0.2, 0) is 6.18 Å². The highest BCUT2D eigenvalue weighted by atomic mass is 19.4. The molecule has 0 saturated carbocycles. The number of ether oxygens (including phenoxy) is 1. The van der Waals surface area contributed by atoms with Crippen molar-refractivity contribution in [3.05, 3.63) is 35.7 Å². The van der Waals surface area contributed by atoms with Gasteiger partial charge in [-0.3, -0.25) is 0 Å². The third-order valence-electron chi connectivity index (χ3n) is 3.22. The Morgan fingerprint density at radius 3 is 2.38 bits per heavy atom. The molecule has 2 rings (SSSR count). The van der Waals surface area contributed by atoms with E-state index < -0.39 is 11.7 Å². The molecule has 130 valence electrons. The number of aryl methyl sites for hydroxylation is 1. The number of aromatic nitrogens is 3. The molecule has 0 aliphatic carbocycles. The van der Waals surface area contributed by atoms with Crippen molar-refractivity contribution in [3.8, 4) is 5.75 Å². The molecule has 0 radical (unpaired) electrons. The lowest BCUT2D eigenvalue weighted by Gasteiger charge is -2.18. The number of hydrogen-bond donors (Lipinski definition) is 2. The summed E-state index contributed by atoms with van der Waals surface area (Å²) in [5.41, 5.74) is 4.85. The molecular formula is C15H18F3N5O. The van der Waals surface area contributed by atoms with Gasteiger partial charge >= 0.3 is 6.18 Å². The number of nitrogen functional groups attached to an aromatic ring is 1. The molecule has 1 atom stereocenters. The van der Waals surface area contributed by atoms with Crippen LogP contribution in [0.25, 0.3) is 0 Å². The van der Waals surface area contributed by atoms with Crippen molar-refractivity contribution in [1.29, 1.82) is 0 Å². The quantitative estimate of drug-likeness (QED) is 0.840.